The van der Waals surface area contributed by atoms with Crippen molar-refractivity contribution in [3.8, 4) is 5.75 Å². The number of rotatable bonds is 6. The number of ether oxygens (including phenoxy) is 1. The van der Waals surface area contributed by atoms with E-state index in [1.165, 1.54) is 37.4 Å². The van der Waals surface area contributed by atoms with Crippen molar-refractivity contribution < 1.29 is 18.9 Å². The monoisotopic (exact) mass is 480 g/mol. The second-order valence-electron chi connectivity index (χ2n) is 6.43. The average molecular weight is 482 g/mol. The van der Waals surface area contributed by atoms with Crippen LogP contribution in [0, 0.1) is 6.92 Å². The molecular formula is C22H16Cl3O4P. The van der Waals surface area contributed by atoms with Gasteiger partial charge in [0, 0.05) is 5.56 Å². The highest BCUT2D eigenvalue weighted by molar-refractivity contribution is 8.01. The van der Waals surface area contributed by atoms with Crippen LogP contribution in [0.1, 0.15) is 26.3 Å². The van der Waals surface area contributed by atoms with Gasteiger partial charge in [-0.25, -0.2) is 0 Å². The van der Waals surface area contributed by atoms with Gasteiger partial charge in [-0.3, -0.25) is 9.59 Å². The summed E-state index contributed by atoms with van der Waals surface area (Å²) < 4.78 is 19.7. The third-order valence-corrected chi connectivity index (χ3v) is 8.68. The smallest absolute Gasteiger partial charge is 0.251 e. The summed E-state index contributed by atoms with van der Waals surface area (Å²) in [6.45, 7) is 1.67. The number of benzene rings is 3. The van der Waals surface area contributed by atoms with Crippen LogP contribution in [0.15, 0.2) is 60.7 Å². The van der Waals surface area contributed by atoms with E-state index in [0.29, 0.717) is 5.56 Å². The number of carbonyl (C=O) groups is 2. The van der Waals surface area contributed by atoms with Crippen LogP contribution in [0.3, 0.4) is 0 Å². The van der Waals surface area contributed by atoms with Gasteiger partial charge in [0.25, 0.3) is 7.14 Å². The summed E-state index contributed by atoms with van der Waals surface area (Å²) >= 11 is 19.0. The van der Waals surface area contributed by atoms with Crippen LogP contribution >= 0.6 is 41.9 Å². The summed E-state index contributed by atoms with van der Waals surface area (Å²) in [5.41, 5.74) is -1.43. The van der Waals surface area contributed by atoms with Crippen LogP contribution in [-0.2, 0) is 4.57 Å². The number of halogens is 3. The topological polar surface area (TPSA) is 60.4 Å². The van der Waals surface area contributed by atoms with Crippen molar-refractivity contribution in [2.24, 2.45) is 0 Å². The lowest BCUT2D eigenvalue weighted by atomic mass is 10.2. The molecule has 8 heteroatoms. The zero-order valence-electron chi connectivity index (χ0n) is 16.0. The third-order valence-electron chi connectivity index (χ3n) is 4.58. The number of methoxy groups -OCH3 is 1. The molecule has 0 heterocycles. The molecule has 3 aromatic carbocycles. The summed E-state index contributed by atoms with van der Waals surface area (Å²) in [7, 11) is -3.23. The minimum Gasteiger partial charge on any atom is -0.496 e. The van der Waals surface area contributed by atoms with E-state index in [9.17, 15) is 14.2 Å². The molecular weight excluding hydrogens is 466 g/mol. The molecule has 1 atom stereocenters. The summed E-state index contributed by atoms with van der Waals surface area (Å²) in [6.07, 6.45) is 0. The molecule has 0 radical (unpaired) electrons. The summed E-state index contributed by atoms with van der Waals surface area (Å²) in [5.74, 6) is 0.0912. The Labute approximate surface area is 189 Å². The van der Waals surface area contributed by atoms with E-state index in [2.05, 4.69) is 0 Å². The molecule has 0 saturated heterocycles. The molecule has 0 saturated carbocycles. The molecule has 0 aliphatic carbocycles. The van der Waals surface area contributed by atoms with Gasteiger partial charge in [0.2, 0.25) is 11.0 Å². The van der Waals surface area contributed by atoms with Gasteiger partial charge in [-0.2, -0.15) is 0 Å². The van der Waals surface area contributed by atoms with Crippen molar-refractivity contribution in [3.63, 3.8) is 0 Å². The average Bonchev–Trinajstić information content (AvgIpc) is 2.75. The van der Waals surface area contributed by atoms with E-state index < -0.39 is 18.2 Å². The molecule has 0 aliphatic rings. The molecule has 0 aliphatic heterocycles. The van der Waals surface area contributed by atoms with E-state index >= 15 is 0 Å². The Balaban J connectivity index is 2.38. The predicted octanol–water partition coefficient (Wildman–Crippen LogP) is 6.63. The van der Waals surface area contributed by atoms with Crippen molar-refractivity contribution in [3.05, 3.63) is 92.4 Å². The Morgan fingerprint density at radius 2 is 1.50 bits per heavy atom. The van der Waals surface area contributed by atoms with Crippen molar-refractivity contribution in [1.29, 1.82) is 0 Å². The molecule has 154 valence electrons. The van der Waals surface area contributed by atoms with Crippen LogP contribution in [0.5, 0.6) is 5.75 Å². The summed E-state index contributed by atoms with van der Waals surface area (Å²) in [5, 5.41) is -0.251. The highest BCUT2D eigenvalue weighted by atomic mass is 35.5. The first-order valence-corrected chi connectivity index (χ1v) is 11.6. The van der Waals surface area contributed by atoms with Crippen molar-refractivity contribution in [2.45, 2.75) is 6.92 Å². The molecule has 0 fully saturated rings. The van der Waals surface area contributed by atoms with E-state index in [4.69, 9.17) is 39.5 Å². The van der Waals surface area contributed by atoms with E-state index in [1.807, 2.05) is 0 Å². The van der Waals surface area contributed by atoms with Crippen LogP contribution in [0.4, 0.5) is 0 Å². The van der Waals surface area contributed by atoms with Gasteiger partial charge in [-0.05, 0) is 30.7 Å². The Morgan fingerprint density at radius 3 is 2.13 bits per heavy atom. The largest absolute Gasteiger partial charge is 0.496 e. The van der Waals surface area contributed by atoms with Crippen molar-refractivity contribution >= 4 is 58.3 Å². The lowest BCUT2D eigenvalue weighted by Gasteiger charge is -2.21. The fourth-order valence-corrected chi connectivity index (χ4v) is 6.91. The Hall–Kier alpha value is -2.10. The molecule has 0 aromatic heterocycles. The Bertz CT molecular complexity index is 1190. The second-order valence-corrected chi connectivity index (χ2v) is 10.1. The standard InChI is InChI=1S/C22H16Cl3O4P/c1-13-11-12-16(24)20(19(13)25)30(28,21(26)14-7-4-3-5-8-14)22(27)18-15(23)9-6-10-17(18)29-2/h3-12H,1-2H3. The summed E-state index contributed by atoms with van der Waals surface area (Å²) in [6, 6.07) is 15.5. The van der Waals surface area contributed by atoms with Crippen molar-refractivity contribution in [2.75, 3.05) is 7.11 Å². The predicted molar refractivity (Wildman–Crippen MR) is 122 cm³/mol. The molecule has 3 aromatic rings. The van der Waals surface area contributed by atoms with Crippen molar-refractivity contribution in [1.82, 2.24) is 0 Å². The van der Waals surface area contributed by atoms with Crippen LogP contribution in [-0.4, -0.2) is 18.2 Å². The molecule has 4 nitrogen and oxygen atoms in total. The van der Waals surface area contributed by atoms with Gasteiger partial charge in [-0.1, -0.05) is 77.3 Å². The number of hydrogen-bond donors (Lipinski definition) is 0. The van der Waals surface area contributed by atoms with Crippen LogP contribution in [0.2, 0.25) is 15.1 Å². The quantitative estimate of drug-likeness (QED) is 0.371. The van der Waals surface area contributed by atoms with Gasteiger partial charge in [-0.15, -0.1) is 0 Å². The maximum atomic E-state index is 14.4. The third kappa shape index (κ3) is 3.81. The van der Waals surface area contributed by atoms with E-state index in [-0.39, 0.29) is 37.2 Å². The maximum absolute atomic E-state index is 14.4. The molecule has 30 heavy (non-hydrogen) atoms. The highest BCUT2D eigenvalue weighted by Crippen LogP contribution is 2.56. The molecule has 0 amide bonds. The number of aryl methyl sites for hydroxylation is 1. The fourth-order valence-electron chi connectivity index (χ4n) is 3.03. The molecule has 1 unspecified atom stereocenters. The highest BCUT2D eigenvalue weighted by Gasteiger charge is 2.47. The first-order chi connectivity index (χ1) is 14.2. The number of hydrogen-bond acceptors (Lipinski definition) is 4. The van der Waals surface area contributed by atoms with Gasteiger partial charge in [0.1, 0.15) is 5.75 Å². The van der Waals surface area contributed by atoms with Gasteiger partial charge >= 0.3 is 0 Å². The SMILES string of the molecule is COc1cccc(Cl)c1C(=O)P(=O)(C(=O)c1ccccc1)c1c(Cl)ccc(C)c1Cl. The molecule has 0 spiro atoms. The van der Waals surface area contributed by atoms with Gasteiger partial charge < -0.3 is 9.30 Å². The Kier molecular flexibility index (Phi) is 6.74. The van der Waals surface area contributed by atoms with Crippen LogP contribution in [0.25, 0.3) is 0 Å². The zero-order chi connectivity index (χ0) is 22.1. The normalized spacial score (nSPS) is 12.8. The fraction of sp³-hybridized carbons (Fsp3) is 0.0909. The first kappa shape index (κ1) is 22.6. The summed E-state index contributed by atoms with van der Waals surface area (Å²) in [4.78, 5) is 27.3. The molecule has 3 rings (SSSR count). The lowest BCUT2D eigenvalue weighted by Crippen LogP contribution is -2.23. The van der Waals surface area contributed by atoms with Gasteiger partial charge in [0.15, 0.2) is 0 Å². The van der Waals surface area contributed by atoms with E-state index in [1.54, 1.807) is 37.3 Å². The lowest BCUT2D eigenvalue weighted by molar-refractivity contribution is 0.103. The van der Waals surface area contributed by atoms with Gasteiger partial charge in [0.05, 0.1) is 33.0 Å². The molecule has 0 N–H and O–H groups in total. The van der Waals surface area contributed by atoms with Crippen LogP contribution < -0.4 is 10.0 Å². The zero-order valence-corrected chi connectivity index (χ0v) is 19.1. The van der Waals surface area contributed by atoms with E-state index in [0.717, 1.165) is 0 Å². The minimum atomic E-state index is -4.57. The molecule has 0 bridgehead atoms. The maximum Gasteiger partial charge on any atom is 0.251 e. The Morgan fingerprint density at radius 1 is 0.833 bits per heavy atom. The minimum absolute atomic E-state index is 0.000310. The first-order valence-electron chi connectivity index (χ1n) is 8.76. The second kappa shape index (κ2) is 8.95. The number of carbonyl (C=O) groups excluding carboxylic acids is 2.